The van der Waals surface area contributed by atoms with E-state index in [9.17, 15) is 4.79 Å². The van der Waals surface area contributed by atoms with Gasteiger partial charge >= 0.3 is 0 Å². The smallest absolute Gasteiger partial charge is 0.227 e. The van der Waals surface area contributed by atoms with Crippen LogP contribution in [0.5, 0.6) is 0 Å². The molecule has 2 heterocycles. The summed E-state index contributed by atoms with van der Waals surface area (Å²) in [7, 11) is 0. The van der Waals surface area contributed by atoms with Gasteiger partial charge in [-0.25, -0.2) is 0 Å². The van der Waals surface area contributed by atoms with Gasteiger partial charge in [-0.3, -0.25) is 14.7 Å². The molecule has 0 aliphatic carbocycles. The SMILES string of the molecule is CCNC(=NCC(C(C)C)N1CCOCC1)NCCCC(=O)N1CCc2ccccc21.I. The highest BCUT2D eigenvalue weighted by atomic mass is 127. The van der Waals surface area contributed by atoms with Crippen molar-refractivity contribution in [3.63, 3.8) is 0 Å². The molecule has 8 heteroatoms. The molecule has 1 aromatic rings. The molecule has 0 bridgehead atoms. The predicted octanol–water partition coefficient (Wildman–Crippen LogP) is 2.89. The molecular weight excluding hydrogens is 517 g/mol. The lowest BCUT2D eigenvalue weighted by Gasteiger charge is -2.36. The predicted molar refractivity (Wildman–Crippen MR) is 142 cm³/mol. The highest BCUT2D eigenvalue weighted by Crippen LogP contribution is 2.27. The molecule has 2 aliphatic rings. The number of carbonyl (C=O) groups excluding carboxylic acids is 1. The molecule has 2 N–H and O–H groups in total. The average molecular weight is 558 g/mol. The van der Waals surface area contributed by atoms with Crippen LogP contribution >= 0.6 is 24.0 Å². The van der Waals surface area contributed by atoms with Crippen LogP contribution in [0.1, 0.15) is 39.2 Å². The zero-order chi connectivity index (χ0) is 22.1. The van der Waals surface area contributed by atoms with E-state index >= 15 is 0 Å². The molecule has 180 valence electrons. The number of nitrogens with zero attached hydrogens (tertiary/aromatic N) is 3. The molecule has 1 saturated heterocycles. The number of nitrogens with one attached hydrogen (secondary N) is 2. The fraction of sp³-hybridized carbons (Fsp3) is 0.667. The molecule has 32 heavy (non-hydrogen) atoms. The van der Waals surface area contributed by atoms with Gasteiger partial charge in [0.15, 0.2) is 5.96 Å². The average Bonchev–Trinajstić information content (AvgIpc) is 3.21. The second-order valence-corrected chi connectivity index (χ2v) is 8.63. The van der Waals surface area contributed by atoms with Crippen LogP contribution in [0.15, 0.2) is 29.3 Å². The van der Waals surface area contributed by atoms with E-state index in [0.29, 0.717) is 18.4 Å². The molecule has 1 amide bonds. The van der Waals surface area contributed by atoms with E-state index in [4.69, 9.17) is 9.73 Å². The second kappa shape index (κ2) is 14.0. The number of ether oxygens (including phenoxy) is 1. The molecule has 1 fully saturated rings. The molecule has 0 saturated carbocycles. The first kappa shape index (κ1) is 26.9. The number of morpholine rings is 1. The largest absolute Gasteiger partial charge is 0.379 e. The zero-order valence-electron chi connectivity index (χ0n) is 19.8. The minimum absolute atomic E-state index is 0. The number of amides is 1. The minimum Gasteiger partial charge on any atom is -0.379 e. The van der Waals surface area contributed by atoms with Crippen molar-refractivity contribution in [2.24, 2.45) is 10.9 Å². The van der Waals surface area contributed by atoms with Gasteiger partial charge in [-0.15, -0.1) is 24.0 Å². The normalized spacial score (nSPS) is 17.6. The van der Waals surface area contributed by atoms with E-state index in [1.807, 2.05) is 23.1 Å². The summed E-state index contributed by atoms with van der Waals surface area (Å²) in [6.07, 6.45) is 2.29. The maximum absolute atomic E-state index is 12.7. The van der Waals surface area contributed by atoms with Crippen molar-refractivity contribution in [1.82, 2.24) is 15.5 Å². The Hall–Kier alpha value is -1.39. The van der Waals surface area contributed by atoms with Gasteiger partial charge < -0.3 is 20.3 Å². The summed E-state index contributed by atoms with van der Waals surface area (Å²) in [5, 5.41) is 6.74. The van der Waals surface area contributed by atoms with Gasteiger partial charge in [-0.1, -0.05) is 32.0 Å². The monoisotopic (exact) mass is 557 g/mol. The maximum Gasteiger partial charge on any atom is 0.227 e. The van der Waals surface area contributed by atoms with Crippen LogP contribution in [-0.2, 0) is 16.0 Å². The number of halogens is 1. The van der Waals surface area contributed by atoms with E-state index < -0.39 is 0 Å². The summed E-state index contributed by atoms with van der Waals surface area (Å²) in [5.41, 5.74) is 2.36. The van der Waals surface area contributed by atoms with Crippen LogP contribution < -0.4 is 15.5 Å². The Bertz CT molecular complexity index is 737. The summed E-state index contributed by atoms with van der Waals surface area (Å²) >= 11 is 0. The van der Waals surface area contributed by atoms with Crippen molar-refractivity contribution in [1.29, 1.82) is 0 Å². The summed E-state index contributed by atoms with van der Waals surface area (Å²) < 4.78 is 5.50. The molecule has 1 atom stereocenters. The van der Waals surface area contributed by atoms with Gasteiger partial charge in [-0.2, -0.15) is 0 Å². The van der Waals surface area contributed by atoms with Crippen molar-refractivity contribution >= 4 is 41.5 Å². The lowest BCUT2D eigenvalue weighted by atomic mass is 10.0. The van der Waals surface area contributed by atoms with Gasteiger partial charge in [0, 0.05) is 50.9 Å². The third kappa shape index (κ3) is 7.59. The first-order valence-corrected chi connectivity index (χ1v) is 11.8. The quantitative estimate of drug-likeness (QED) is 0.212. The molecule has 7 nitrogen and oxygen atoms in total. The van der Waals surface area contributed by atoms with Gasteiger partial charge in [0.1, 0.15) is 0 Å². The van der Waals surface area contributed by atoms with E-state index in [1.54, 1.807) is 0 Å². The maximum atomic E-state index is 12.7. The number of anilines is 1. The van der Waals surface area contributed by atoms with Crippen LogP contribution in [0, 0.1) is 5.92 Å². The minimum atomic E-state index is 0. The number of hydrogen-bond acceptors (Lipinski definition) is 4. The third-order valence-electron chi connectivity index (χ3n) is 6.11. The molecular formula is C24H40IN5O2. The van der Waals surface area contributed by atoms with Gasteiger partial charge in [0.05, 0.1) is 19.8 Å². The number of aliphatic imine (C=N–C) groups is 1. The highest BCUT2D eigenvalue weighted by Gasteiger charge is 2.24. The van der Waals surface area contributed by atoms with E-state index in [-0.39, 0.29) is 29.9 Å². The molecule has 0 radical (unpaired) electrons. The number of fused-ring (bicyclic) bond motifs is 1. The highest BCUT2D eigenvalue weighted by molar-refractivity contribution is 14.0. The van der Waals surface area contributed by atoms with Crippen LogP contribution in [0.4, 0.5) is 5.69 Å². The first-order chi connectivity index (χ1) is 15.1. The number of carbonyl (C=O) groups is 1. The first-order valence-electron chi connectivity index (χ1n) is 11.8. The molecule has 1 aromatic carbocycles. The van der Waals surface area contributed by atoms with Crippen molar-refractivity contribution in [3.8, 4) is 0 Å². The molecule has 3 rings (SSSR count). The topological polar surface area (TPSA) is 69.2 Å². The Labute approximate surface area is 210 Å². The molecule has 2 aliphatic heterocycles. The Morgan fingerprint density at radius 1 is 1.16 bits per heavy atom. The van der Waals surface area contributed by atoms with Crippen molar-refractivity contribution in [3.05, 3.63) is 29.8 Å². The Morgan fingerprint density at radius 2 is 1.91 bits per heavy atom. The fourth-order valence-electron chi connectivity index (χ4n) is 4.36. The lowest BCUT2D eigenvalue weighted by molar-refractivity contribution is -0.118. The lowest BCUT2D eigenvalue weighted by Crippen LogP contribution is -2.48. The van der Waals surface area contributed by atoms with E-state index in [0.717, 1.165) is 77.0 Å². The van der Waals surface area contributed by atoms with E-state index in [2.05, 4.69) is 42.4 Å². The van der Waals surface area contributed by atoms with Crippen molar-refractivity contribution in [2.45, 2.75) is 46.1 Å². The van der Waals surface area contributed by atoms with Gasteiger partial charge in [0.25, 0.3) is 0 Å². The molecule has 1 unspecified atom stereocenters. The fourth-order valence-corrected chi connectivity index (χ4v) is 4.36. The summed E-state index contributed by atoms with van der Waals surface area (Å²) in [4.78, 5) is 22.0. The third-order valence-corrected chi connectivity index (χ3v) is 6.11. The van der Waals surface area contributed by atoms with Crippen molar-refractivity contribution in [2.75, 3.05) is 57.4 Å². The number of guanidine groups is 1. The molecule has 0 spiro atoms. The second-order valence-electron chi connectivity index (χ2n) is 8.63. The van der Waals surface area contributed by atoms with Crippen molar-refractivity contribution < 1.29 is 9.53 Å². The summed E-state index contributed by atoms with van der Waals surface area (Å²) in [6.45, 7) is 13.3. The Kier molecular flexibility index (Phi) is 11.7. The van der Waals surface area contributed by atoms with Gasteiger partial charge in [0.2, 0.25) is 5.91 Å². The number of rotatable bonds is 9. The van der Waals surface area contributed by atoms with E-state index in [1.165, 1.54) is 5.56 Å². The van der Waals surface area contributed by atoms with Crippen LogP contribution in [0.25, 0.3) is 0 Å². The number of para-hydroxylation sites is 1. The number of benzene rings is 1. The zero-order valence-corrected chi connectivity index (χ0v) is 22.1. The van der Waals surface area contributed by atoms with Crippen LogP contribution in [0.3, 0.4) is 0 Å². The number of hydrogen-bond donors (Lipinski definition) is 2. The van der Waals surface area contributed by atoms with Crippen LogP contribution in [0.2, 0.25) is 0 Å². The summed E-state index contributed by atoms with van der Waals surface area (Å²) in [5.74, 6) is 1.58. The Balaban J connectivity index is 0.00000363. The Morgan fingerprint density at radius 3 is 2.62 bits per heavy atom. The van der Waals surface area contributed by atoms with Crippen LogP contribution in [-0.4, -0.2) is 75.3 Å². The summed E-state index contributed by atoms with van der Waals surface area (Å²) in [6, 6.07) is 8.63. The molecule has 0 aromatic heterocycles. The standard InChI is InChI=1S/C24H39N5O2.HI/c1-4-25-24(27-18-22(19(2)3)28-14-16-31-17-15-28)26-12-7-10-23(30)29-13-11-20-8-5-6-9-21(20)29;/h5-6,8-9,19,22H,4,7,10-18H2,1-3H3,(H2,25,26,27);1H. The van der Waals surface area contributed by atoms with Gasteiger partial charge in [-0.05, 0) is 37.3 Å².